The van der Waals surface area contributed by atoms with E-state index in [0.717, 1.165) is 14.8 Å². The van der Waals surface area contributed by atoms with Gasteiger partial charge in [0.15, 0.2) is 3.92 Å². The molecule has 0 N–H and O–H groups in total. The summed E-state index contributed by atoms with van der Waals surface area (Å²) in [6, 6.07) is 8.72. The number of benzene rings is 1. The van der Waals surface area contributed by atoms with Crippen LogP contribution in [0.2, 0.25) is 0 Å². The molecule has 0 atom stereocenters. The summed E-state index contributed by atoms with van der Waals surface area (Å²) >= 11 is 4.93. The molecule has 0 amide bonds. The van der Waals surface area contributed by atoms with Crippen LogP contribution in [0.25, 0.3) is 10.6 Å². The smallest absolute Gasteiger partial charge is 0.137 e. The standard InChI is InChI=1S/C12H11BrN2S/c13-12-15-14-11(16-12)10-6-2-5-9(7-10)8-3-1-4-8/h2,5-8H,1,3-4H2. The number of aromatic nitrogens is 2. The van der Waals surface area contributed by atoms with Gasteiger partial charge in [-0.2, -0.15) is 0 Å². The molecule has 82 valence electrons. The van der Waals surface area contributed by atoms with Gasteiger partial charge < -0.3 is 0 Å². The molecule has 0 spiro atoms. The topological polar surface area (TPSA) is 25.8 Å². The first-order valence-electron chi connectivity index (χ1n) is 5.42. The summed E-state index contributed by atoms with van der Waals surface area (Å²) in [5.41, 5.74) is 2.64. The van der Waals surface area contributed by atoms with Crippen LogP contribution in [0.5, 0.6) is 0 Å². The Morgan fingerprint density at radius 1 is 1.25 bits per heavy atom. The molecule has 1 saturated carbocycles. The van der Waals surface area contributed by atoms with Gasteiger partial charge in [-0.1, -0.05) is 36.0 Å². The zero-order chi connectivity index (χ0) is 11.0. The van der Waals surface area contributed by atoms with Crippen LogP contribution >= 0.6 is 27.3 Å². The van der Waals surface area contributed by atoms with Gasteiger partial charge in [0.25, 0.3) is 0 Å². The summed E-state index contributed by atoms with van der Waals surface area (Å²) in [6.45, 7) is 0. The van der Waals surface area contributed by atoms with Gasteiger partial charge in [0.1, 0.15) is 5.01 Å². The number of nitrogens with zero attached hydrogens (tertiary/aromatic N) is 2. The van der Waals surface area contributed by atoms with Crippen molar-refractivity contribution in [3.05, 3.63) is 33.7 Å². The van der Waals surface area contributed by atoms with Crippen molar-refractivity contribution in [2.45, 2.75) is 25.2 Å². The fraction of sp³-hybridized carbons (Fsp3) is 0.333. The van der Waals surface area contributed by atoms with Gasteiger partial charge in [0.05, 0.1) is 0 Å². The second-order valence-corrected chi connectivity index (χ2v) is 6.37. The number of hydrogen-bond acceptors (Lipinski definition) is 3. The van der Waals surface area contributed by atoms with Crippen LogP contribution in [0, 0.1) is 0 Å². The second-order valence-electron chi connectivity index (χ2n) is 4.11. The summed E-state index contributed by atoms with van der Waals surface area (Å²) in [7, 11) is 0. The molecule has 1 aliphatic carbocycles. The minimum absolute atomic E-state index is 0.774. The molecular weight excluding hydrogens is 284 g/mol. The van der Waals surface area contributed by atoms with Crippen LogP contribution in [-0.2, 0) is 0 Å². The first-order chi connectivity index (χ1) is 7.83. The van der Waals surface area contributed by atoms with E-state index in [4.69, 9.17) is 0 Å². The van der Waals surface area contributed by atoms with Crippen molar-refractivity contribution in [2.75, 3.05) is 0 Å². The van der Waals surface area contributed by atoms with E-state index in [1.165, 1.54) is 30.4 Å². The Morgan fingerprint density at radius 2 is 2.12 bits per heavy atom. The molecule has 2 nitrogen and oxygen atoms in total. The average Bonchev–Trinajstić information content (AvgIpc) is 2.63. The van der Waals surface area contributed by atoms with Crippen LogP contribution in [0.3, 0.4) is 0 Å². The lowest BCUT2D eigenvalue weighted by Gasteiger charge is -2.25. The maximum atomic E-state index is 4.15. The molecule has 1 aromatic carbocycles. The largest absolute Gasteiger partial charge is 0.183 e. The highest BCUT2D eigenvalue weighted by molar-refractivity contribution is 9.11. The third-order valence-electron chi connectivity index (χ3n) is 3.11. The van der Waals surface area contributed by atoms with Gasteiger partial charge in [-0.3, -0.25) is 0 Å². The van der Waals surface area contributed by atoms with E-state index in [1.807, 2.05) is 0 Å². The zero-order valence-corrected chi connectivity index (χ0v) is 11.1. The Bertz CT molecular complexity index is 505. The van der Waals surface area contributed by atoms with Crippen molar-refractivity contribution in [3.8, 4) is 10.6 Å². The molecule has 0 unspecified atom stereocenters. The Kier molecular flexibility index (Phi) is 2.77. The zero-order valence-electron chi connectivity index (χ0n) is 8.69. The molecule has 1 aliphatic rings. The van der Waals surface area contributed by atoms with Crippen molar-refractivity contribution in [2.24, 2.45) is 0 Å². The van der Waals surface area contributed by atoms with Crippen molar-refractivity contribution in [1.82, 2.24) is 10.2 Å². The summed E-state index contributed by atoms with van der Waals surface area (Å²) in [5.74, 6) is 0.774. The predicted molar refractivity (Wildman–Crippen MR) is 69.6 cm³/mol. The summed E-state index contributed by atoms with van der Waals surface area (Å²) in [4.78, 5) is 0. The fourth-order valence-electron chi connectivity index (χ4n) is 1.99. The van der Waals surface area contributed by atoms with Crippen LogP contribution in [0.4, 0.5) is 0 Å². The first kappa shape index (κ1) is 10.4. The van der Waals surface area contributed by atoms with Crippen molar-refractivity contribution >= 4 is 27.3 Å². The van der Waals surface area contributed by atoms with Crippen molar-refractivity contribution < 1.29 is 0 Å². The van der Waals surface area contributed by atoms with Gasteiger partial charge in [-0.25, -0.2) is 0 Å². The first-order valence-corrected chi connectivity index (χ1v) is 7.03. The van der Waals surface area contributed by atoms with Crippen molar-refractivity contribution in [3.63, 3.8) is 0 Å². The van der Waals surface area contributed by atoms with E-state index in [0.29, 0.717) is 0 Å². The van der Waals surface area contributed by atoms with Crippen LogP contribution in [0.15, 0.2) is 28.2 Å². The molecule has 3 rings (SSSR count). The minimum atomic E-state index is 0.774. The predicted octanol–water partition coefficient (Wildman–Crippen LogP) is 4.24. The van der Waals surface area contributed by atoms with E-state index in [9.17, 15) is 0 Å². The van der Waals surface area contributed by atoms with Gasteiger partial charge in [0.2, 0.25) is 0 Å². The molecule has 1 heterocycles. The van der Waals surface area contributed by atoms with Gasteiger partial charge in [-0.15, -0.1) is 10.2 Å². The third kappa shape index (κ3) is 1.92. The monoisotopic (exact) mass is 294 g/mol. The van der Waals surface area contributed by atoms with E-state index < -0.39 is 0 Å². The molecule has 16 heavy (non-hydrogen) atoms. The Labute approximate surface area is 107 Å². The lowest BCUT2D eigenvalue weighted by atomic mass is 9.80. The van der Waals surface area contributed by atoms with Crippen LogP contribution < -0.4 is 0 Å². The molecular formula is C12H11BrN2S. The Morgan fingerprint density at radius 3 is 2.75 bits per heavy atom. The highest BCUT2D eigenvalue weighted by Crippen LogP contribution is 2.38. The lowest BCUT2D eigenvalue weighted by molar-refractivity contribution is 0.420. The highest BCUT2D eigenvalue weighted by atomic mass is 79.9. The summed E-state index contributed by atoms with van der Waals surface area (Å²) < 4.78 is 0.844. The van der Waals surface area contributed by atoms with Gasteiger partial charge >= 0.3 is 0 Å². The quantitative estimate of drug-likeness (QED) is 0.828. The molecule has 0 aliphatic heterocycles. The van der Waals surface area contributed by atoms with Gasteiger partial charge in [-0.05, 0) is 46.3 Å². The van der Waals surface area contributed by atoms with E-state index >= 15 is 0 Å². The average molecular weight is 295 g/mol. The number of rotatable bonds is 2. The summed E-state index contributed by atoms with van der Waals surface area (Å²) in [6.07, 6.45) is 4.05. The SMILES string of the molecule is Brc1nnc(-c2cccc(C3CCC3)c2)s1. The van der Waals surface area contributed by atoms with Crippen molar-refractivity contribution in [1.29, 1.82) is 0 Å². The minimum Gasteiger partial charge on any atom is -0.137 e. The van der Waals surface area contributed by atoms with Crippen LogP contribution in [0.1, 0.15) is 30.7 Å². The molecule has 1 fully saturated rings. The van der Waals surface area contributed by atoms with Crippen LogP contribution in [-0.4, -0.2) is 10.2 Å². The van der Waals surface area contributed by atoms with E-state index in [2.05, 4.69) is 50.4 Å². The molecule has 0 saturated heterocycles. The molecule has 2 aromatic rings. The maximum Gasteiger partial charge on any atom is 0.183 e. The molecule has 4 heteroatoms. The normalized spacial score (nSPS) is 16.1. The van der Waals surface area contributed by atoms with E-state index in [1.54, 1.807) is 11.3 Å². The maximum absolute atomic E-state index is 4.15. The molecule has 0 radical (unpaired) electrons. The highest BCUT2D eigenvalue weighted by Gasteiger charge is 2.19. The second kappa shape index (κ2) is 4.26. The molecule has 1 aromatic heterocycles. The third-order valence-corrected chi connectivity index (χ3v) is 4.52. The van der Waals surface area contributed by atoms with E-state index in [-0.39, 0.29) is 0 Å². The molecule has 0 bridgehead atoms. The fourth-order valence-corrected chi connectivity index (χ4v) is 3.10. The Balaban J connectivity index is 1.95. The summed E-state index contributed by atoms with van der Waals surface area (Å²) in [5, 5.41) is 9.13. The Hall–Kier alpha value is -0.740. The lowest BCUT2D eigenvalue weighted by Crippen LogP contribution is -2.08. The van der Waals surface area contributed by atoms with Gasteiger partial charge in [0, 0.05) is 5.56 Å². The number of hydrogen-bond donors (Lipinski definition) is 0. The number of halogens is 1.